The highest BCUT2D eigenvalue weighted by Gasteiger charge is 2.06. The van der Waals surface area contributed by atoms with Crippen LogP contribution in [0.25, 0.3) is 0 Å². The van der Waals surface area contributed by atoms with Crippen molar-refractivity contribution in [1.82, 2.24) is 9.55 Å². The summed E-state index contributed by atoms with van der Waals surface area (Å²) in [4.78, 5) is 4.36. The summed E-state index contributed by atoms with van der Waals surface area (Å²) in [5.41, 5.74) is 8.99. The van der Waals surface area contributed by atoms with Crippen molar-refractivity contribution >= 4 is 0 Å². The second-order valence-corrected chi connectivity index (χ2v) is 4.98. The van der Waals surface area contributed by atoms with E-state index in [1.54, 1.807) is 12.4 Å². The van der Waals surface area contributed by atoms with Crippen LogP contribution >= 0.6 is 0 Å². The first-order valence-corrected chi connectivity index (χ1v) is 6.59. The highest BCUT2D eigenvalue weighted by atomic mass is 19.1. The predicted molar refractivity (Wildman–Crippen MR) is 74.4 cm³/mol. The van der Waals surface area contributed by atoms with Crippen LogP contribution in [0.3, 0.4) is 0 Å². The number of aryl methyl sites for hydroxylation is 1. The van der Waals surface area contributed by atoms with Crippen LogP contribution in [0.5, 0.6) is 0 Å². The topological polar surface area (TPSA) is 43.8 Å². The summed E-state index contributed by atoms with van der Waals surface area (Å²) in [7, 11) is 0. The Labute approximate surface area is 113 Å². The van der Waals surface area contributed by atoms with Gasteiger partial charge in [-0.3, -0.25) is 0 Å². The molecule has 0 saturated carbocycles. The Morgan fingerprint density at radius 2 is 2.21 bits per heavy atom. The molecule has 1 heterocycles. The summed E-state index contributed by atoms with van der Waals surface area (Å²) in [6, 6.07) is 5.03. The third-order valence-corrected chi connectivity index (χ3v) is 3.34. The molecular formula is C15H20FN3. The maximum Gasteiger partial charge on any atom is 0.123 e. The monoisotopic (exact) mass is 261 g/mol. The number of nitrogens with zero attached hydrogens (tertiary/aromatic N) is 2. The van der Waals surface area contributed by atoms with Crippen LogP contribution in [0.4, 0.5) is 4.39 Å². The lowest BCUT2D eigenvalue weighted by molar-refractivity contribution is 0.624. The average molecular weight is 261 g/mol. The van der Waals surface area contributed by atoms with Gasteiger partial charge in [0.15, 0.2) is 0 Å². The van der Waals surface area contributed by atoms with Gasteiger partial charge in [0, 0.05) is 25.2 Å². The Morgan fingerprint density at radius 1 is 1.42 bits per heavy atom. The Bertz CT molecular complexity index is 548. The van der Waals surface area contributed by atoms with E-state index in [0.29, 0.717) is 6.54 Å². The Hall–Kier alpha value is -1.68. The minimum atomic E-state index is -0.193. The maximum absolute atomic E-state index is 13.0. The molecule has 4 heteroatoms. The third-order valence-electron chi connectivity index (χ3n) is 3.34. The lowest BCUT2D eigenvalue weighted by Crippen LogP contribution is -2.21. The van der Waals surface area contributed by atoms with Gasteiger partial charge in [0.25, 0.3) is 0 Å². The van der Waals surface area contributed by atoms with Crippen molar-refractivity contribution in [3.05, 3.63) is 53.4 Å². The van der Waals surface area contributed by atoms with E-state index in [9.17, 15) is 4.39 Å². The van der Waals surface area contributed by atoms with E-state index >= 15 is 0 Å². The predicted octanol–water partition coefficient (Wildman–Crippen LogP) is 2.66. The van der Waals surface area contributed by atoms with Gasteiger partial charge in [-0.15, -0.1) is 0 Å². The molecular weight excluding hydrogens is 241 g/mol. The molecule has 0 bridgehead atoms. The standard InChI is InChI=1S/C15H20FN3/c1-3-14(17)7-15-9-19(10-18-15)8-12-4-5-13(16)6-11(12)2/h4-6,9-10,14H,3,7-8,17H2,1-2H3. The first-order chi connectivity index (χ1) is 9.08. The number of hydrogen-bond donors (Lipinski definition) is 1. The molecule has 2 N–H and O–H groups in total. The van der Waals surface area contributed by atoms with E-state index in [2.05, 4.69) is 11.9 Å². The molecule has 1 aromatic heterocycles. The van der Waals surface area contributed by atoms with E-state index in [4.69, 9.17) is 5.73 Å². The van der Waals surface area contributed by atoms with Gasteiger partial charge in [-0.05, 0) is 36.6 Å². The molecule has 0 spiro atoms. The molecule has 0 saturated heterocycles. The second kappa shape index (κ2) is 5.97. The zero-order chi connectivity index (χ0) is 13.8. The van der Waals surface area contributed by atoms with Gasteiger partial charge in [0.05, 0.1) is 12.0 Å². The molecule has 0 aliphatic rings. The number of halogens is 1. The maximum atomic E-state index is 13.0. The van der Waals surface area contributed by atoms with Gasteiger partial charge in [-0.25, -0.2) is 9.37 Å². The summed E-state index contributed by atoms with van der Waals surface area (Å²) in [5.74, 6) is -0.193. The van der Waals surface area contributed by atoms with Crippen molar-refractivity contribution in [2.75, 3.05) is 0 Å². The van der Waals surface area contributed by atoms with E-state index < -0.39 is 0 Å². The number of imidazole rings is 1. The fraction of sp³-hybridized carbons (Fsp3) is 0.400. The van der Waals surface area contributed by atoms with Crippen molar-refractivity contribution in [1.29, 1.82) is 0 Å². The largest absolute Gasteiger partial charge is 0.333 e. The average Bonchev–Trinajstić information content (AvgIpc) is 2.80. The fourth-order valence-corrected chi connectivity index (χ4v) is 2.04. The zero-order valence-corrected chi connectivity index (χ0v) is 11.4. The molecule has 1 unspecified atom stereocenters. The SMILES string of the molecule is CCC(N)Cc1cn(Cc2ccc(F)cc2C)cn1. The number of benzene rings is 1. The Morgan fingerprint density at radius 3 is 2.89 bits per heavy atom. The number of aromatic nitrogens is 2. The molecule has 1 atom stereocenters. The first-order valence-electron chi connectivity index (χ1n) is 6.59. The van der Waals surface area contributed by atoms with Crippen LogP contribution in [0.1, 0.15) is 30.2 Å². The summed E-state index contributed by atoms with van der Waals surface area (Å²) in [6.45, 7) is 4.70. The normalized spacial score (nSPS) is 12.6. The zero-order valence-electron chi connectivity index (χ0n) is 11.4. The van der Waals surface area contributed by atoms with Gasteiger partial charge in [-0.1, -0.05) is 13.0 Å². The summed E-state index contributed by atoms with van der Waals surface area (Å²) < 4.78 is 15.1. The first kappa shape index (κ1) is 13.7. The van der Waals surface area contributed by atoms with Crippen molar-refractivity contribution in [2.24, 2.45) is 5.73 Å². The van der Waals surface area contributed by atoms with Crippen molar-refractivity contribution in [3.8, 4) is 0 Å². The highest BCUT2D eigenvalue weighted by Crippen LogP contribution is 2.12. The van der Waals surface area contributed by atoms with Gasteiger partial charge < -0.3 is 10.3 Å². The fourth-order valence-electron chi connectivity index (χ4n) is 2.04. The molecule has 19 heavy (non-hydrogen) atoms. The summed E-state index contributed by atoms with van der Waals surface area (Å²) in [5, 5.41) is 0. The number of hydrogen-bond acceptors (Lipinski definition) is 2. The molecule has 0 fully saturated rings. The van der Waals surface area contributed by atoms with Gasteiger partial charge in [-0.2, -0.15) is 0 Å². The third kappa shape index (κ3) is 3.64. The molecule has 0 aliphatic heterocycles. The van der Waals surface area contributed by atoms with Gasteiger partial charge in [0.1, 0.15) is 5.82 Å². The Kier molecular flexibility index (Phi) is 4.32. The van der Waals surface area contributed by atoms with E-state index in [-0.39, 0.29) is 11.9 Å². The van der Waals surface area contributed by atoms with Gasteiger partial charge in [0.2, 0.25) is 0 Å². The molecule has 2 rings (SSSR count). The number of rotatable bonds is 5. The van der Waals surface area contributed by atoms with E-state index in [0.717, 1.165) is 29.7 Å². The lowest BCUT2D eigenvalue weighted by Gasteiger charge is -2.07. The minimum Gasteiger partial charge on any atom is -0.333 e. The minimum absolute atomic E-state index is 0.163. The number of nitrogens with two attached hydrogens (primary N) is 1. The molecule has 0 aliphatic carbocycles. The highest BCUT2D eigenvalue weighted by molar-refractivity contribution is 5.26. The van der Waals surface area contributed by atoms with Crippen molar-refractivity contribution in [2.45, 2.75) is 39.3 Å². The summed E-state index contributed by atoms with van der Waals surface area (Å²) in [6.07, 6.45) is 5.56. The van der Waals surface area contributed by atoms with Crippen LogP contribution in [0, 0.1) is 12.7 Å². The summed E-state index contributed by atoms with van der Waals surface area (Å²) >= 11 is 0. The molecule has 1 aromatic carbocycles. The van der Waals surface area contributed by atoms with E-state index in [1.165, 1.54) is 6.07 Å². The van der Waals surface area contributed by atoms with E-state index in [1.807, 2.05) is 23.8 Å². The van der Waals surface area contributed by atoms with Crippen LogP contribution in [-0.4, -0.2) is 15.6 Å². The second-order valence-electron chi connectivity index (χ2n) is 4.98. The lowest BCUT2D eigenvalue weighted by atomic mass is 10.1. The molecule has 0 amide bonds. The van der Waals surface area contributed by atoms with Crippen molar-refractivity contribution < 1.29 is 4.39 Å². The molecule has 3 nitrogen and oxygen atoms in total. The van der Waals surface area contributed by atoms with Crippen LogP contribution in [-0.2, 0) is 13.0 Å². The Balaban J connectivity index is 2.07. The van der Waals surface area contributed by atoms with Crippen molar-refractivity contribution in [3.63, 3.8) is 0 Å². The van der Waals surface area contributed by atoms with Gasteiger partial charge >= 0.3 is 0 Å². The smallest absolute Gasteiger partial charge is 0.123 e. The molecule has 2 aromatic rings. The van der Waals surface area contributed by atoms with Crippen LogP contribution in [0.15, 0.2) is 30.7 Å². The van der Waals surface area contributed by atoms with Crippen LogP contribution in [0.2, 0.25) is 0 Å². The molecule has 102 valence electrons. The van der Waals surface area contributed by atoms with Crippen LogP contribution < -0.4 is 5.73 Å². The quantitative estimate of drug-likeness (QED) is 0.899. The molecule has 0 radical (unpaired) electrons.